The van der Waals surface area contributed by atoms with E-state index in [1.54, 1.807) is 17.2 Å². The molecule has 2 aliphatic rings. The number of fused-ring (bicyclic) bond motifs is 1. The fourth-order valence-electron chi connectivity index (χ4n) is 3.77. The van der Waals surface area contributed by atoms with Gasteiger partial charge in [-0.1, -0.05) is 6.07 Å². The molecule has 1 atom stereocenters. The second-order valence-electron chi connectivity index (χ2n) is 7.01. The number of amides is 4. The number of nitrogens with one attached hydrogen (secondary N) is 1. The summed E-state index contributed by atoms with van der Waals surface area (Å²) in [4.78, 5) is 53.8. The number of piperidine rings is 1. The van der Waals surface area contributed by atoms with Gasteiger partial charge in [0.2, 0.25) is 5.91 Å². The van der Waals surface area contributed by atoms with Crippen LogP contribution in [0.2, 0.25) is 0 Å². The van der Waals surface area contributed by atoms with Crippen LogP contribution >= 0.6 is 22.7 Å². The predicted octanol–water partition coefficient (Wildman–Crippen LogP) is 3.41. The average molecular weight is 448 g/mol. The lowest BCUT2D eigenvalue weighted by Gasteiger charge is -2.26. The molecule has 0 aromatic carbocycles. The largest absolute Gasteiger partial charge is 0.462 e. The van der Waals surface area contributed by atoms with Crippen LogP contribution < -0.4 is 5.32 Å². The topological polar surface area (TPSA) is 96.0 Å². The SMILES string of the molecule is CCOC(=O)c1c(-c2cccs2)csc1NC(=O)CN1C(=O)C2CCCCN2C1=O. The smallest absolute Gasteiger partial charge is 0.341 e. The van der Waals surface area contributed by atoms with E-state index < -0.39 is 23.9 Å². The molecule has 30 heavy (non-hydrogen) atoms. The normalized spacial score (nSPS) is 18.5. The number of rotatable bonds is 6. The van der Waals surface area contributed by atoms with E-state index >= 15 is 0 Å². The number of carbonyl (C=O) groups is 4. The van der Waals surface area contributed by atoms with Crippen LogP contribution in [0.25, 0.3) is 10.4 Å². The van der Waals surface area contributed by atoms with E-state index in [4.69, 9.17) is 4.74 Å². The van der Waals surface area contributed by atoms with Crippen LogP contribution in [-0.2, 0) is 14.3 Å². The van der Waals surface area contributed by atoms with Gasteiger partial charge in [-0.15, -0.1) is 22.7 Å². The molecule has 2 aromatic heterocycles. The zero-order valence-electron chi connectivity index (χ0n) is 16.4. The summed E-state index contributed by atoms with van der Waals surface area (Å²) in [5, 5.41) is 6.74. The minimum atomic E-state index is -0.526. The molecule has 0 bridgehead atoms. The Labute approximate surface area is 181 Å². The van der Waals surface area contributed by atoms with Crippen LogP contribution in [-0.4, -0.2) is 59.4 Å². The predicted molar refractivity (Wildman–Crippen MR) is 114 cm³/mol. The second-order valence-corrected chi connectivity index (χ2v) is 8.84. The zero-order valence-corrected chi connectivity index (χ0v) is 18.0. The molecular weight excluding hydrogens is 426 g/mol. The zero-order chi connectivity index (χ0) is 21.3. The summed E-state index contributed by atoms with van der Waals surface area (Å²) >= 11 is 2.69. The van der Waals surface area contributed by atoms with Crippen molar-refractivity contribution in [1.29, 1.82) is 0 Å². The summed E-state index contributed by atoms with van der Waals surface area (Å²) < 4.78 is 5.17. The lowest BCUT2D eigenvalue weighted by molar-refractivity contribution is -0.131. The third-order valence-electron chi connectivity index (χ3n) is 5.14. The van der Waals surface area contributed by atoms with Gasteiger partial charge in [-0.2, -0.15) is 0 Å². The molecule has 2 aromatic rings. The van der Waals surface area contributed by atoms with Gasteiger partial charge in [0.05, 0.1) is 6.61 Å². The van der Waals surface area contributed by atoms with Crippen molar-refractivity contribution in [3.05, 3.63) is 28.5 Å². The number of thiophene rings is 2. The van der Waals surface area contributed by atoms with Gasteiger partial charge in [-0.3, -0.25) is 14.5 Å². The minimum absolute atomic E-state index is 0.208. The fourth-order valence-corrected chi connectivity index (χ4v) is 5.56. The summed E-state index contributed by atoms with van der Waals surface area (Å²) in [6, 6.07) is 2.89. The van der Waals surface area contributed by atoms with Gasteiger partial charge in [0.25, 0.3) is 5.91 Å². The summed E-state index contributed by atoms with van der Waals surface area (Å²) in [5.74, 6) is -1.38. The molecular formula is C20H21N3O5S2. The molecule has 0 spiro atoms. The number of nitrogens with zero attached hydrogens (tertiary/aromatic N) is 2. The molecule has 2 aliphatic heterocycles. The fraction of sp³-hybridized carbons (Fsp3) is 0.400. The third kappa shape index (κ3) is 3.72. The maximum Gasteiger partial charge on any atom is 0.341 e. The van der Waals surface area contributed by atoms with Crippen molar-refractivity contribution < 1.29 is 23.9 Å². The van der Waals surface area contributed by atoms with Crippen molar-refractivity contribution in [3.63, 3.8) is 0 Å². The molecule has 4 amide bonds. The van der Waals surface area contributed by atoms with E-state index in [1.807, 2.05) is 17.5 Å². The number of urea groups is 1. The first-order chi connectivity index (χ1) is 14.5. The Kier molecular flexibility index (Phi) is 5.87. The Morgan fingerprint density at radius 3 is 2.80 bits per heavy atom. The van der Waals surface area contributed by atoms with Crippen LogP contribution in [0.5, 0.6) is 0 Å². The highest BCUT2D eigenvalue weighted by molar-refractivity contribution is 7.17. The molecule has 1 N–H and O–H groups in total. The van der Waals surface area contributed by atoms with E-state index in [2.05, 4.69) is 5.32 Å². The molecule has 158 valence electrons. The molecule has 2 saturated heterocycles. The molecule has 10 heteroatoms. The van der Waals surface area contributed by atoms with Gasteiger partial charge in [-0.25, -0.2) is 9.59 Å². The van der Waals surface area contributed by atoms with Crippen LogP contribution in [0.15, 0.2) is 22.9 Å². The number of ether oxygens (including phenoxy) is 1. The Morgan fingerprint density at radius 2 is 2.10 bits per heavy atom. The lowest BCUT2D eigenvalue weighted by Crippen LogP contribution is -2.39. The molecule has 4 rings (SSSR count). The monoisotopic (exact) mass is 447 g/mol. The standard InChI is InChI=1S/C20H21N3O5S2/c1-2-28-19(26)16-12(14-7-5-9-29-14)11-30-17(16)21-15(24)10-23-18(25)13-6-3-4-8-22(13)20(23)27/h5,7,9,11,13H,2-4,6,8,10H2,1H3,(H,21,24). The number of hydrogen-bond acceptors (Lipinski definition) is 7. The molecule has 2 fully saturated rings. The van der Waals surface area contributed by atoms with Gasteiger partial charge in [0.1, 0.15) is 23.2 Å². The number of imide groups is 1. The number of anilines is 1. The van der Waals surface area contributed by atoms with E-state index in [0.29, 0.717) is 23.5 Å². The summed E-state index contributed by atoms with van der Waals surface area (Å²) in [7, 11) is 0. The lowest BCUT2D eigenvalue weighted by atomic mass is 10.0. The molecule has 8 nitrogen and oxygen atoms in total. The highest BCUT2D eigenvalue weighted by Crippen LogP contribution is 2.38. The van der Waals surface area contributed by atoms with E-state index in [0.717, 1.165) is 22.6 Å². The number of hydrogen-bond donors (Lipinski definition) is 1. The van der Waals surface area contributed by atoms with Gasteiger partial charge in [-0.05, 0) is 37.6 Å². The Bertz CT molecular complexity index is 961. The van der Waals surface area contributed by atoms with E-state index in [1.165, 1.54) is 22.7 Å². The Morgan fingerprint density at radius 1 is 1.27 bits per heavy atom. The van der Waals surface area contributed by atoms with Gasteiger partial charge in [0, 0.05) is 22.4 Å². The van der Waals surface area contributed by atoms with E-state index in [9.17, 15) is 19.2 Å². The van der Waals surface area contributed by atoms with Gasteiger partial charge in [0.15, 0.2) is 0 Å². The van der Waals surface area contributed by atoms with Crippen molar-refractivity contribution in [2.45, 2.75) is 32.2 Å². The van der Waals surface area contributed by atoms with Crippen molar-refractivity contribution in [2.24, 2.45) is 0 Å². The van der Waals surface area contributed by atoms with Crippen LogP contribution in [0, 0.1) is 0 Å². The molecule has 0 saturated carbocycles. The molecule has 0 aliphatic carbocycles. The number of carbonyl (C=O) groups excluding carboxylic acids is 4. The van der Waals surface area contributed by atoms with Crippen LogP contribution in [0.1, 0.15) is 36.5 Å². The van der Waals surface area contributed by atoms with Crippen molar-refractivity contribution in [2.75, 3.05) is 25.0 Å². The summed E-state index contributed by atoms with van der Waals surface area (Å²) in [6.45, 7) is 2.08. The molecule has 4 heterocycles. The first kappa shape index (κ1) is 20.5. The molecule has 1 unspecified atom stereocenters. The van der Waals surface area contributed by atoms with Crippen molar-refractivity contribution in [3.8, 4) is 10.4 Å². The number of esters is 1. The third-order valence-corrected chi connectivity index (χ3v) is 6.94. The van der Waals surface area contributed by atoms with Crippen molar-refractivity contribution in [1.82, 2.24) is 9.80 Å². The Balaban J connectivity index is 1.53. The Hall–Kier alpha value is -2.72. The highest BCUT2D eigenvalue weighted by Gasteiger charge is 2.46. The molecule has 0 radical (unpaired) electrons. The highest BCUT2D eigenvalue weighted by atomic mass is 32.1. The first-order valence-corrected chi connectivity index (χ1v) is 11.5. The summed E-state index contributed by atoms with van der Waals surface area (Å²) in [6.07, 6.45) is 2.38. The minimum Gasteiger partial charge on any atom is -0.462 e. The van der Waals surface area contributed by atoms with Gasteiger partial charge < -0.3 is 15.0 Å². The second kappa shape index (κ2) is 8.57. The maximum atomic E-state index is 12.7. The maximum absolute atomic E-state index is 12.7. The van der Waals surface area contributed by atoms with Crippen LogP contribution in [0.3, 0.4) is 0 Å². The van der Waals surface area contributed by atoms with E-state index in [-0.39, 0.29) is 24.6 Å². The summed E-state index contributed by atoms with van der Waals surface area (Å²) in [5.41, 5.74) is 0.975. The van der Waals surface area contributed by atoms with Gasteiger partial charge >= 0.3 is 12.0 Å². The van der Waals surface area contributed by atoms with Crippen LogP contribution in [0.4, 0.5) is 9.80 Å². The quantitative estimate of drug-likeness (QED) is 0.541. The average Bonchev–Trinajstić information content (AvgIpc) is 3.45. The first-order valence-electron chi connectivity index (χ1n) is 9.75. The van der Waals surface area contributed by atoms with Crippen molar-refractivity contribution >= 4 is 51.5 Å².